The van der Waals surface area contributed by atoms with Crippen molar-refractivity contribution in [1.82, 2.24) is 0 Å². The molecule has 0 spiro atoms. The van der Waals surface area contributed by atoms with Gasteiger partial charge in [0.15, 0.2) is 5.75 Å². The van der Waals surface area contributed by atoms with E-state index in [9.17, 15) is 9.59 Å². The third-order valence-corrected chi connectivity index (χ3v) is 4.73. The lowest BCUT2D eigenvalue weighted by atomic mass is 10.1. The van der Waals surface area contributed by atoms with Gasteiger partial charge in [0.1, 0.15) is 0 Å². The summed E-state index contributed by atoms with van der Waals surface area (Å²) in [6.07, 6.45) is 1.86. The Kier molecular flexibility index (Phi) is 5.39. The van der Waals surface area contributed by atoms with Crippen molar-refractivity contribution in [3.05, 3.63) is 51.5 Å². The second-order valence-electron chi connectivity index (χ2n) is 6.22. The molecule has 1 saturated carbocycles. The normalized spacial score (nSPS) is 13.2. The number of carbonyl (C=O) groups excluding carboxylic acids is 2. The molecule has 5 nitrogen and oxygen atoms in total. The van der Waals surface area contributed by atoms with Gasteiger partial charge < -0.3 is 15.4 Å². The maximum absolute atomic E-state index is 12.6. The van der Waals surface area contributed by atoms with Crippen molar-refractivity contribution < 1.29 is 14.3 Å². The van der Waals surface area contributed by atoms with Gasteiger partial charge in [0.2, 0.25) is 5.91 Å². The largest absolute Gasteiger partial charge is 0.494 e. The average molecular weight is 393 g/mol. The van der Waals surface area contributed by atoms with E-state index in [2.05, 4.69) is 10.6 Å². The van der Waals surface area contributed by atoms with E-state index < -0.39 is 0 Å². The molecule has 0 radical (unpaired) electrons. The zero-order chi connectivity index (χ0) is 18.8. The zero-order valence-electron chi connectivity index (χ0n) is 14.4. The summed E-state index contributed by atoms with van der Waals surface area (Å²) in [4.78, 5) is 24.5. The van der Waals surface area contributed by atoms with Gasteiger partial charge in [-0.05, 0) is 49.6 Å². The lowest BCUT2D eigenvalue weighted by Gasteiger charge is -2.13. The number of rotatable bonds is 5. The summed E-state index contributed by atoms with van der Waals surface area (Å²) >= 11 is 12.2. The predicted molar refractivity (Wildman–Crippen MR) is 103 cm³/mol. The number of anilines is 2. The maximum Gasteiger partial charge on any atom is 0.255 e. The van der Waals surface area contributed by atoms with Crippen LogP contribution in [0.25, 0.3) is 0 Å². The van der Waals surface area contributed by atoms with Crippen molar-refractivity contribution in [2.24, 2.45) is 5.92 Å². The molecule has 7 heteroatoms. The van der Waals surface area contributed by atoms with Crippen molar-refractivity contribution >= 4 is 46.4 Å². The van der Waals surface area contributed by atoms with Crippen molar-refractivity contribution in [2.45, 2.75) is 19.8 Å². The number of ether oxygens (including phenoxy) is 1. The molecule has 0 aromatic heterocycles. The molecule has 0 unspecified atom stereocenters. The van der Waals surface area contributed by atoms with Crippen LogP contribution in [-0.4, -0.2) is 18.9 Å². The minimum atomic E-state index is -0.356. The molecule has 2 amide bonds. The van der Waals surface area contributed by atoms with Gasteiger partial charge in [-0.3, -0.25) is 9.59 Å². The quantitative estimate of drug-likeness (QED) is 0.759. The van der Waals surface area contributed by atoms with Gasteiger partial charge in [0, 0.05) is 22.9 Å². The van der Waals surface area contributed by atoms with Crippen molar-refractivity contribution in [1.29, 1.82) is 0 Å². The highest BCUT2D eigenvalue weighted by Crippen LogP contribution is 2.34. The number of benzene rings is 2. The Morgan fingerprint density at radius 1 is 1.08 bits per heavy atom. The second-order valence-corrected chi connectivity index (χ2v) is 7.03. The number of methoxy groups -OCH3 is 1. The summed E-state index contributed by atoms with van der Waals surface area (Å²) in [5.41, 5.74) is 2.43. The van der Waals surface area contributed by atoms with Crippen LogP contribution in [0.3, 0.4) is 0 Å². The summed E-state index contributed by atoms with van der Waals surface area (Å²) in [6, 6.07) is 8.38. The number of hydrogen-bond donors (Lipinski definition) is 2. The summed E-state index contributed by atoms with van der Waals surface area (Å²) in [5, 5.41) is 6.21. The fourth-order valence-electron chi connectivity index (χ4n) is 2.50. The number of aryl methyl sites for hydroxylation is 1. The molecule has 0 saturated heterocycles. The van der Waals surface area contributed by atoms with Crippen LogP contribution in [-0.2, 0) is 4.79 Å². The number of amides is 2. The van der Waals surface area contributed by atoms with Crippen LogP contribution < -0.4 is 15.4 Å². The van der Waals surface area contributed by atoms with Gasteiger partial charge in [-0.25, -0.2) is 0 Å². The van der Waals surface area contributed by atoms with E-state index in [4.69, 9.17) is 27.9 Å². The van der Waals surface area contributed by atoms with Gasteiger partial charge in [0.25, 0.3) is 5.91 Å². The summed E-state index contributed by atoms with van der Waals surface area (Å²) in [5.74, 6) is 0.0915. The van der Waals surface area contributed by atoms with E-state index in [1.54, 1.807) is 6.07 Å². The molecule has 2 aromatic carbocycles. The highest BCUT2D eigenvalue weighted by atomic mass is 35.5. The van der Waals surface area contributed by atoms with Crippen molar-refractivity contribution in [2.75, 3.05) is 17.7 Å². The molecule has 3 rings (SSSR count). The van der Waals surface area contributed by atoms with Crippen LogP contribution in [0.4, 0.5) is 11.4 Å². The number of carbonyl (C=O) groups is 2. The molecule has 2 N–H and O–H groups in total. The fourth-order valence-corrected chi connectivity index (χ4v) is 3.15. The van der Waals surface area contributed by atoms with E-state index >= 15 is 0 Å². The Labute approximate surface area is 161 Å². The van der Waals surface area contributed by atoms with Crippen molar-refractivity contribution in [3.8, 4) is 5.75 Å². The first-order chi connectivity index (χ1) is 12.4. The van der Waals surface area contributed by atoms with Gasteiger partial charge in [-0.1, -0.05) is 29.3 Å². The van der Waals surface area contributed by atoms with Gasteiger partial charge in [0.05, 0.1) is 17.2 Å². The smallest absolute Gasteiger partial charge is 0.255 e. The van der Waals surface area contributed by atoms with Crippen LogP contribution in [0, 0.1) is 12.8 Å². The Morgan fingerprint density at radius 2 is 1.73 bits per heavy atom. The molecule has 26 heavy (non-hydrogen) atoms. The first kappa shape index (κ1) is 18.5. The fraction of sp³-hybridized carbons (Fsp3) is 0.263. The first-order valence-electron chi connectivity index (χ1n) is 8.15. The molecular formula is C19H18Cl2N2O3. The molecule has 136 valence electrons. The van der Waals surface area contributed by atoms with E-state index in [1.807, 2.05) is 19.1 Å². The Balaban J connectivity index is 1.79. The molecule has 1 aliphatic rings. The molecule has 0 aliphatic heterocycles. The first-order valence-corrected chi connectivity index (χ1v) is 8.90. The molecular weight excluding hydrogens is 375 g/mol. The van der Waals surface area contributed by atoms with E-state index in [1.165, 1.54) is 19.2 Å². The topological polar surface area (TPSA) is 67.4 Å². The second kappa shape index (κ2) is 7.56. The van der Waals surface area contributed by atoms with Gasteiger partial charge >= 0.3 is 0 Å². The van der Waals surface area contributed by atoms with E-state index in [0.29, 0.717) is 22.7 Å². The number of hydrogen-bond acceptors (Lipinski definition) is 3. The van der Waals surface area contributed by atoms with Crippen LogP contribution in [0.1, 0.15) is 28.8 Å². The molecule has 1 fully saturated rings. The summed E-state index contributed by atoms with van der Waals surface area (Å²) in [6.45, 7) is 1.87. The van der Waals surface area contributed by atoms with Crippen LogP contribution >= 0.6 is 23.2 Å². The maximum atomic E-state index is 12.6. The molecule has 2 aromatic rings. The monoisotopic (exact) mass is 392 g/mol. The summed E-state index contributed by atoms with van der Waals surface area (Å²) < 4.78 is 5.09. The highest BCUT2D eigenvalue weighted by Gasteiger charge is 2.29. The number of nitrogens with one attached hydrogen (secondary N) is 2. The Hall–Kier alpha value is -2.24. The summed E-state index contributed by atoms with van der Waals surface area (Å²) in [7, 11) is 1.46. The van der Waals surface area contributed by atoms with Crippen LogP contribution in [0.5, 0.6) is 5.75 Å². The highest BCUT2D eigenvalue weighted by molar-refractivity contribution is 6.37. The molecule has 0 bridgehead atoms. The third kappa shape index (κ3) is 4.11. The Bertz CT molecular complexity index is 856. The minimum Gasteiger partial charge on any atom is -0.494 e. The standard InChI is InChI=1S/C19H18Cl2N2O3/c1-10-3-6-13(22-18(24)11-4-5-11)9-16(10)23-19(25)12-7-14(20)17(26-2)15(21)8-12/h3,6-9,11H,4-5H2,1-2H3,(H,22,24)(H,23,25). The van der Waals surface area contributed by atoms with Gasteiger partial charge in [-0.15, -0.1) is 0 Å². The van der Waals surface area contributed by atoms with Crippen LogP contribution in [0.15, 0.2) is 30.3 Å². The van der Waals surface area contributed by atoms with Crippen LogP contribution in [0.2, 0.25) is 10.0 Å². The molecule has 1 aliphatic carbocycles. The SMILES string of the molecule is COc1c(Cl)cc(C(=O)Nc2cc(NC(=O)C3CC3)ccc2C)cc1Cl. The lowest BCUT2D eigenvalue weighted by Crippen LogP contribution is -2.15. The van der Waals surface area contributed by atoms with Crippen molar-refractivity contribution in [3.63, 3.8) is 0 Å². The molecule has 0 heterocycles. The Morgan fingerprint density at radius 3 is 2.31 bits per heavy atom. The van der Waals surface area contributed by atoms with E-state index in [-0.39, 0.29) is 27.8 Å². The van der Waals surface area contributed by atoms with E-state index in [0.717, 1.165) is 18.4 Å². The predicted octanol–water partition coefficient (Wildman–Crippen LogP) is 4.91. The lowest BCUT2D eigenvalue weighted by molar-refractivity contribution is -0.117. The minimum absolute atomic E-state index is 0.0137. The average Bonchev–Trinajstić information content (AvgIpc) is 3.42. The van der Waals surface area contributed by atoms with Gasteiger partial charge in [-0.2, -0.15) is 0 Å². The number of halogens is 2. The molecule has 0 atom stereocenters. The zero-order valence-corrected chi connectivity index (χ0v) is 15.9. The third-order valence-electron chi connectivity index (χ3n) is 4.17.